The number of hydrogen-bond acceptors (Lipinski definition) is 4. The van der Waals surface area contributed by atoms with Crippen LogP contribution >= 0.6 is 11.6 Å². The molecule has 0 spiro atoms. The maximum atomic E-state index is 12.8. The molecular formula is C14H21ClN2O3S. The van der Waals surface area contributed by atoms with E-state index in [-0.39, 0.29) is 22.6 Å². The molecule has 1 unspecified atom stereocenters. The molecule has 1 aliphatic carbocycles. The van der Waals surface area contributed by atoms with Crippen LogP contribution in [0.1, 0.15) is 39.0 Å². The maximum Gasteiger partial charge on any atom is 0.244 e. The summed E-state index contributed by atoms with van der Waals surface area (Å²) in [5.74, 6) is 0. The molecule has 0 radical (unpaired) electrons. The Bertz CT molecular complexity index is 554. The van der Waals surface area contributed by atoms with Gasteiger partial charge in [0.2, 0.25) is 10.0 Å². The smallest absolute Gasteiger partial charge is 0.244 e. The first-order valence-corrected chi connectivity index (χ1v) is 9.04. The van der Waals surface area contributed by atoms with Crippen LogP contribution in [0.5, 0.6) is 0 Å². The summed E-state index contributed by atoms with van der Waals surface area (Å²) in [4.78, 5) is 3.97. The van der Waals surface area contributed by atoms with E-state index in [1.54, 1.807) is 6.92 Å². The van der Waals surface area contributed by atoms with E-state index in [9.17, 15) is 13.5 Å². The highest BCUT2D eigenvalue weighted by molar-refractivity contribution is 7.89. The summed E-state index contributed by atoms with van der Waals surface area (Å²) in [5.41, 5.74) is 0. The Morgan fingerprint density at radius 1 is 1.38 bits per heavy atom. The molecule has 21 heavy (non-hydrogen) atoms. The van der Waals surface area contributed by atoms with Gasteiger partial charge >= 0.3 is 0 Å². The fourth-order valence-corrected chi connectivity index (χ4v) is 4.55. The Labute approximate surface area is 131 Å². The zero-order valence-electron chi connectivity index (χ0n) is 12.1. The minimum atomic E-state index is -3.66. The fourth-order valence-electron chi connectivity index (χ4n) is 2.72. The van der Waals surface area contributed by atoms with Crippen molar-refractivity contribution in [3.8, 4) is 0 Å². The van der Waals surface area contributed by atoms with Crippen LogP contribution in [-0.4, -0.2) is 41.5 Å². The predicted molar refractivity (Wildman–Crippen MR) is 81.7 cm³/mol. The van der Waals surface area contributed by atoms with Crippen molar-refractivity contribution < 1.29 is 13.5 Å². The molecule has 118 valence electrons. The van der Waals surface area contributed by atoms with E-state index >= 15 is 0 Å². The van der Waals surface area contributed by atoms with E-state index in [4.69, 9.17) is 11.6 Å². The van der Waals surface area contributed by atoms with Crippen molar-refractivity contribution in [2.24, 2.45) is 0 Å². The van der Waals surface area contributed by atoms with Gasteiger partial charge in [-0.3, -0.25) is 0 Å². The monoisotopic (exact) mass is 332 g/mol. The van der Waals surface area contributed by atoms with Crippen LogP contribution in [0.4, 0.5) is 0 Å². The zero-order chi connectivity index (χ0) is 15.5. The Morgan fingerprint density at radius 3 is 2.57 bits per heavy atom. The number of aliphatic hydroxyl groups excluding tert-OH is 1. The number of aliphatic hydroxyl groups is 1. The predicted octanol–water partition coefficient (Wildman–Crippen LogP) is 2.44. The van der Waals surface area contributed by atoms with Crippen LogP contribution in [0, 0.1) is 0 Å². The van der Waals surface area contributed by atoms with Crippen molar-refractivity contribution in [3.63, 3.8) is 0 Å². The molecule has 1 aliphatic rings. The number of sulfonamides is 1. The van der Waals surface area contributed by atoms with Crippen molar-refractivity contribution in [1.29, 1.82) is 0 Å². The second kappa shape index (κ2) is 7.05. The van der Waals surface area contributed by atoms with E-state index in [1.807, 2.05) is 0 Å². The maximum absolute atomic E-state index is 12.8. The molecule has 0 aliphatic heterocycles. The second-order valence-electron chi connectivity index (χ2n) is 5.53. The fraction of sp³-hybridized carbons (Fsp3) is 0.643. The topological polar surface area (TPSA) is 70.5 Å². The van der Waals surface area contributed by atoms with E-state index in [0.717, 1.165) is 32.1 Å². The summed E-state index contributed by atoms with van der Waals surface area (Å²) >= 11 is 5.71. The third-order valence-electron chi connectivity index (χ3n) is 3.73. The van der Waals surface area contributed by atoms with Gasteiger partial charge in [0.25, 0.3) is 0 Å². The van der Waals surface area contributed by atoms with Gasteiger partial charge in [-0.25, -0.2) is 13.4 Å². The highest BCUT2D eigenvalue weighted by atomic mass is 35.5. The summed E-state index contributed by atoms with van der Waals surface area (Å²) in [6, 6.07) is 2.88. The third kappa shape index (κ3) is 4.16. The molecular weight excluding hydrogens is 312 g/mol. The molecule has 7 heteroatoms. The van der Waals surface area contributed by atoms with Gasteiger partial charge in [-0.1, -0.05) is 30.9 Å². The first-order valence-electron chi connectivity index (χ1n) is 7.22. The molecule has 0 saturated heterocycles. The summed E-state index contributed by atoms with van der Waals surface area (Å²) < 4.78 is 27.1. The highest BCUT2D eigenvalue weighted by Gasteiger charge is 2.33. The molecule has 1 aromatic rings. The lowest BCUT2D eigenvalue weighted by molar-refractivity contribution is 0.136. The van der Waals surface area contributed by atoms with Crippen molar-refractivity contribution in [1.82, 2.24) is 9.29 Å². The summed E-state index contributed by atoms with van der Waals surface area (Å²) in [6.07, 6.45) is 5.43. The number of rotatable bonds is 5. The number of nitrogens with zero attached hydrogens (tertiary/aromatic N) is 2. The molecule has 1 saturated carbocycles. The van der Waals surface area contributed by atoms with Gasteiger partial charge < -0.3 is 5.11 Å². The number of hydrogen-bond donors (Lipinski definition) is 1. The molecule has 0 aromatic carbocycles. The number of halogens is 1. The molecule has 1 atom stereocenters. The van der Waals surface area contributed by atoms with Crippen LogP contribution in [0.3, 0.4) is 0 Å². The van der Waals surface area contributed by atoms with E-state index in [1.165, 1.54) is 22.6 Å². The standard InChI is InChI=1S/C14H21ClN2O3S/c1-11(18)10-17(12-5-3-2-4-6-12)21(19,20)13-7-8-14(15)16-9-13/h7-9,11-12,18H,2-6,10H2,1H3. The van der Waals surface area contributed by atoms with Crippen molar-refractivity contribution >= 4 is 21.6 Å². The number of aromatic nitrogens is 1. The van der Waals surface area contributed by atoms with Crippen molar-refractivity contribution in [2.45, 2.75) is 56.1 Å². The van der Waals surface area contributed by atoms with E-state index in [0.29, 0.717) is 0 Å². The normalized spacial score (nSPS) is 18.9. The summed E-state index contributed by atoms with van der Waals surface area (Å²) in [6.45, 7) is 1.71. The largest absolute Gasteiger partial charge is 0.392 e. The second-order valence-corrected chi connectivity index (χ2v) is 7.81. The average molecular weight is 333 g/mol. The molecule has 1 fully saturated rings. The average Bonchev–Trinajstić information content (AvgIpc) is 2.46. The van der Waals surface area contributed by atoms with Crippen molar-refractivity contribution in [3.05, 3.63) is 23.5 Å². The Morgan fingerprint density at radius 2 is 2.05 bits per heavy atom. The lowest BCUT2D eigenvalue weighted by Crippen LogP contribution is -2.44. The van der Waals surface area contributed by atoms with Crippen LogP contribution in [0.25, 0.3) is 0 Å². The quantitative estimate of drug-likeness (QED) is 0.841. The third-order valence-corrected chi connectivity index (χ3v) is 5.86. The molecule has 5 nitrogen and oxygen atoms in total. The number of pyridine rings is 1. The van der Waals surface area contributed by atoms with Crippen molar-refractivity contribution in [2.75, 3.05) is 6.54 Å². The first-order chi connectivity index (χ1) is 9.91. The van der Waals surface area contributed by atoms with Crippen LogP contribution < -0.4 is 0 Å². The Balaban J connectivity index is 2.31. The lowest BCUT2D eigenvalue weighted by atomic mass is 9.95. The molecule has 1 N–H and O–H groups in total. The highest BCUT2D eigenvalue weighted by Crippen LogP contribution is 2.28. The minimum absolute atomic E-state index is 0.0472. The molecule has 0 bridgehead atoms. The van der Waals surface area contributed by atoms with Crippen LogP contribution in [0.15, 0.2) is 23.2 Å². The molecule has 1 aromatic heterocycles. The Hall–Kier alpha value is -0.690. The molecule has 0 amide bonds. The van der Waals surface area contributed by atoms with E-state index < -0.39 is 16.1 Å². The molecule has 2 rings (SSSR count). The van der Waals surface area contributed by atoms with Crippen LogP contribution in [0.2, 0.25) is 5.15 Å². The molecule has 1 heterocycles. The van der Waals surface area contributed by atoms with Gasteiger partial charge in [0.15, 0.2) is 0 Å². The SMILES string of the molecule is CC(O)CN(C1CCCCC1)S(=O)(=O)c1ccc(Cl)nc1. The Kier molecular flexibility index (Phi) is 5.60. The summed E-state index contributed by atoms with van der Waals surface area (Å²) in [7, 11) is -3.66. The van der Waals surface area contributed by atoms with Gasteiger partial charge in [0.05, 0.1) is 6.10 Å². The lowest BCUT2D eigenvalue weighted by Gasteiger charge is -2.34. The summed E-state index contributed by atoms with van der Waals surface area (Å²) in [5, 5.41) is 9.92. The van der Waals surface area contributed by atoms with Gasteiger partial charge in [0.1, 0.15) is 10.0 Å². The first kappa shape index (κ1) is 16.7. The minimum Gasteiger partial charge on any atom is -0.392 e. The zero-order valence-corrected chi connectivity index (χ0v) is 13.6. The van der Waals surface area contributed by atoms with Crippen LogP contribution in [-0.2, 0) is 10.0 Å². The van der Waals surface area contributed by atoms with Gasteiger partial charge in [-0.2, -0.15) is 4.31 Å². The van der Waals surface area contributed by atoms with Gasteiger partial charge in [0, 0.05) is 18.8 Å². The van der Waals surface area contributed by atoms with Gasteiger partial charge in [-0.15, -0.1) is 0 Å². The van der Waals surface area contributed by atoms with Gasteiger partial charge in [-0.05, 0) is 31.9 Å². The van der Waals surface area contributed by atoms with E-state index in [2.05, 4.69) is 4.98 Å².